The number of ether oxygens (including phenoxy) is 1. The van der Waals surface area contributed by atoms with Crippen LogP contribution in [-0.2, 0) is 15.8 Å². The molecule has 0 saturated heterocycles. The number of hydrogen-bond acceptors (Lipinski definition) is 3. The van der Waals surface area contributed by atoms with Crippen LogP contribution in [0, 0.1) is 0 Å². The Kier molecular flexibility index (Phi) is 4.52. The summed E-state index contributed by atoms with van der Waals surface area (Å²) in [5, 5.41) is 0.578. The van der Waals surface area contributed by atoms with Gasteiger partial charge in [-0.25, -0.2) is 8.42 Å². The van der Waals surface area contributed by atoms with E-state index in [2.05, 4.69) is 4.72 Å². The molecule has 4 nitrogen and oxygen atoms in total. The van der Waals surface area contributed by atoms with Gasteiger partial charge in [-0.2, -0.15) is 0 Å². The minimum Gasteiger partial charge on any atom is -0.497 e. The molecule has 2 aromatic carbocycles. The fourth-order valence-electron chi connectivity index (χ4n) is 1.67. The van der Waals surface area contributed by atoms with Crippen LogP contribution in [0.25, 0.3) is 0 Å². The summed E-state index contributed by atoms with van der Waals surface area (Å²) >= 11 is 5.76. The number of benzene rings is 2. The Hall–Kier alpha value is -1.72. The lowest BCUT2D eigenvalue weighted by molar-refractivity contribution is 0.415. The van der Waals surface area contributed by atoms with Gasteiger partial charge in [-0.3, -0.25) is 4.72 Å². The molecule has 20 heavy (non-hydrogen) atoms. The molecule has 2 rings (SSSR count). The summed E-state index contributed by atoms with van der Waals surface area (Å²) in [6, 6.07) is 13.4. The highest BCUT2D eigenvalue weighted by Crippen LogP contribution is 2.18. The molecule has 106 valence electrons. The normalized spacial score (nSPS) is 11.1. The van der Waals surface area contributed by atoms with Gasteiger partial charge >= 0.3 is 0 Å². The molecule has 0 amide bonds. The predicted octanol–water partition coefficient (Wildman–Crippen LogP) is 3.29. The van der Waals surface area contributed by atoms with Crippen molar-refractivity contribution in [1.29, 1.82) is 0 Å². The Morgan fingerprint density at radius 2 is 1.65 bits per heavy atom. The van der Waals surface area contributed by atoms with E-state index in [1.807, 2.05) is 0 Å². The Bertz CT molecular complexity index is 667. The van der Waals surface area contributed by atoms with E-state index in [9.17, 15) is 8.42 Å². The van der Waals surface area contributed by atoms with E-state index < -0.39 is 10.0 Å². The minimum absolute atomic E-state index is 0.101. The number of hydrogen-bond donors (Lipinski definition) is 1. The summed E-state index contributed by atoms with van der Waals surface area (Å²) in [5.74, 6) is 0.571. The van der Waals surface area contributed by atoms with Crippen LogP contribution in [-0.4, -0.2) is 15.5 Å². The highest BCUT2D eigenvalue weighted by atomic mass is 35.5. The molecule has 0 aliphatic heterocycles. The van der Waals surface area contributed by atoms with E-state index in [1.165, 1.54) is 0 Å². The van der Waals surface area contributed by atoms with Crippen LogP contribution in [0.2, 0.25) is 5.02 Å². The van der Waals surface area contributed by atoms with Gasteiger partial charge < -0.3 is 4.74 Å². The van der Waals surface area contributed by atoms with Crippen LogP contribution < -0.4 is 9.46 Å². The predicted molar refractivity (Wildman–Crippen MR) is 80.7 cm³/mol. The number of halogens is 1. The van der Waals surface area contributed by atoms with Gasteiger partial charge in [0.15, 0.2) is 0 Å². The van der Waals surface area contributed by atoms with Crippen LogP contribution in [0.3, 0.4) is 0 Å². The van der Waals surface area contributed by atoms with Gasteiger partial charge in [0.05, 0.1) is 12.9 Å². The number of anilines is 1. The molecule has 0 aliphatic carbocycles. The maximum absolute atomic E-state index is 12.0. The van der Waals surface area contributed by atoms with Crippen LogP contribution in [0.1, 0.15) is 5.56 Å². The quantitative estimate of drug-likeness (QED) is 0.922. The van der Waals surface area contributed by atoms with Crippen LogP contribution in [0.5, 0.6) is 5.75 Å². The molecular formula is C14H14ClNO3S. The van der Waals surface area contributed by atoms with E-state index in [0.29, 0.717) is 22.0 Å². The first-order valence-corrected chi connectivity index (χ1v) is 7.90. The highest BCUT2D eigenvalue weighted by molar-refractivity contribution is 7.91. The minimum atomic E-state index is -3.45. The van der Waals surface area contributed by atoms with Gasteiger partial charge in [-0.15, -0.1) is 0 Å². The van der Waals surface area contributed by atoms with E-state index in [4.69, 9.17) is 16.3 Å². The van der Waals surface area contributed by atoms with Crippen LogP contribution >= 0.6 is 11.6 Å². The lowest BCUT2D eigenvalue weighted by Crippen LogP contribution is -2.14. The van der Waals surface area contributed by atoms with Crippen molar-refractivity contribution >= 4 is 27.3 Å². The summed E-state index contributed by atoms with van der Waals surface area (Å²) in [7, 11) is -1.90. The molecule has 0 spiro atoms. The summed E-state index contributed by atoms with van der Waals surface area (Å²) in [4.78, 5) is 0. The highest BCUT2D eigenvalue weighted by Gasteiger charge is 2.11. The molecule has 0 bridgehead atoms. The van der Waals surface area contributed by atoms with E-state index >= 15 is 0 Å². The lowest BCUT2D eigenvalue weighted by Gasteiger charge is -2.09. The Balaban J connectivity index is 2.08. The first-order chi connectivity index (χ1) is 9.48. The molecule has 0 radical (unpaired) electrons. The van der Waals surface area contributed by atoms with Crippen molar-refractivity contribution in [2.24, 2.45) is 0 Å². The largest absolute Gasteiger partial charge is 0.497 e. The lowest BCUT2D eigenvalue weighted by atomic mass is 10.2. The Morgan fingerprint density at radius 1 is 1.05 bits per heavy atom. The summed E-state index contributed by atoms with van der Waals surface area (Å²) in [5.41, 5.74) is 1.18. The van der Waals surface area contributed by atoms with Crippen molar-refractivity contribution in [1.82, 2.24) is 0 Å². The molecule has 0 unspecified atom stereocenters. The number of rotatable bonds is 5. The third-order valence-electron chi connectivity index (χ3n) is 2.63. The molecule has 0 atom stereocenters. The molecule has 2 aromatic rings. The van der Waals surface area contributed by atoms with E-state index in [0.717, 1.165) is 0 Å². The van der Waals surface area contributed by atoms with Crippen molar-refractivity contribution < 1.29 is 13.2 Å². The fourth-order valence-corrected chi connectivity index (χ4v) is 3.00. The standard InChI is InChI=1S/C14H14ClNO3S/c1-19-14-8-6-13(7-9-14)16-20(17,18)10-11-2-4-12(15)5-3-11/h2-9,16H,10H2,1H3. The average molecular weight is 312 g/mol. The maximum atomic E-state index is 12.0. The zero-order valence-electron chi connectivity index (χ0n) is 10.8. The smallest absolute Gasteiger partial charge is 0.236 e. The monoisotopic (exact) mass is 311 g/mol. The Labute approximate surface area is 123 Å². The molecule has 0 aromatic heterocycles. The molecule has 0 aliphatic rings. The molecule has 0 fully saturated rings. The zero-order chi connectivity index (χ0) is 14.6. The van der Waals surface area contributed by atoms with Gasteiger partial charge in [0, 0.05) is 10.7 Å². The van der Waals surface area contributed by atoms with Crippen molar-refractivity contribution in [3.8, 4) is 5.75 Å². The molecule has 0 heterocycles. The molecular weight excluding hydrogens is 298 g/mol. The SMILES string of the molecule is COc1ccc(NS(=O)(=O)Cc2ccc(Cl)cc2)cc1. The van der Waals surface area contributed by atoms with Gasteiger partial charge in [0.25, 0.3) is 0 Å². The summed E-state index contributed by atoms with van der Waals surface area (Å²) < 4.78 is 31.6. The third kappa shape index (κ3) is 4.15. The third-order valence-corrected chi connectivity index (χ3v) is 4.15. The van der Waals surface area contributed by atoms with Crippen LogP contribution in [0.15, 0.2) is 48.5 Å². The first kappa shape index (κ1) is 14.7. The summed E-state index contributed by atoms with van der Waals surface area (Å²) in [6.45, 7) is 0. The van der Waals surface area contributed by atoms with Gasteiger partial charge in [0.2, 0.25) is 10.0 Å². The molecule has 6 heteroatoms. The second-order valence-corrected chi connectivity index (χ2v) is 6.37. The van der Waals surface area contributed by atoms with Crippen molar-refractivity contribution in [2.75, 3.05) is 11.8 Å². The summed E-state index contributed by atoms with van der Waals surface area (Å²) in [6.07, 6.45) is 0. The topological polar surface area (TPSA) is 55.4 Å². The average Bonchev–Trinajstić information content (AvgIpc) is 2.41. The van der Waals surface area contributed by atoms with Gasteiger partial charge in [-0.05, 0) is 42.0 Å². The second-order valence-electron chi connectivity index (χ2n) is 4.22. The van der Waals surface area contributed by atoms with Crippen LogP contribution in [0.4, 0.5) is 5.69 Å². The number of sulfonamides is 1. The molecule has 1 N–H and O–H groups in total. The van der Waals surface area contributed by atoms with Gasteiger partial charge in [-0.1, -0.05) is 23.7 Å². The van der Waals surface area contributed by atoms with Crippen molar-refractivity contribution in [2.45, 2.75) is 5.75 Å². The van der Waals surface area contributed by atoms with Crippen molar-refractivity contribution in [3.63, 3.8) is 0 Å². The zero-order valence-corrected chi connectivity index (χ0v) is 12.4. The maximum Gasteiger partial charge on any atom is 0.236 e. The number of methoxy groups -OCH3 is 1. The second kappa shape index (κ2) is 6.15. The van der Waals surface area contributed by atoms with E-state index in [1.54, 1.807) is 55.6 Å². The van der Waals surface area contributed by atoms with E-state index in [-0.39, 0.29) is 5.75 Å². The van der Waals surface area contributed by atoms with Gasteiger partial charge in [0.1, 0.15) is 5.75 Å². The molecule has 0 saturated carbocycles. The Morgan fingerprint density at radius 3 is 2.20 bits per heavy atom. The fraction of sp³-hybridized carbons (Fsp3) is 0.143. The number of nitrogens with one attached hydrogen (secondary N) is 1. The van der Waals surface area contributed by atoms with Crippen molar-refractivity contribution in [3.05, 3.63) is 59.1 Å². The first-order valence-electron chi connectivity index (χ1n) is 5.87.